The highest BCUT2D eigenvalue weighted by Crippen LogP contribution is 2.36. The molecule has 2 rings (SSSR count). The Hall–Kier alpha value is -1.33. The quantitative estimate of drug-likeness (QED) is 0.696. The zero-order chi connectivity index (χ0) is 17.9. The number of benzene rings is 2. The molecule has 2 aromatic rings. The van der Waals surface area contributed by atoms with Crippen LogP contribution in [0.2, 0.25) is 20.1 Å². The molecule has 0 spiro atoms. The Bertz CT molecular complexity index is 757. The van der Waals surface area contributed by atoms with Crippen molar-refractivity contribution in [3.63, 3.8) is 0 Å². The number of amides is 1. The molecule has 0 aromatic heterocycles. The molecule has 2 aromatic carbocycles. The first-order valence-electron chi connectivity index (χ1n) is 6.73. The summed E-state index contributed by atoms with van der Waals surface area (Å²) >= 11 is 23.9. The van der Waals surface area contributed by atoms with Crippen molar-refractivity contribution in [1.82, 2.24) is 0 Å². The maximum absolute atomic E-state index is 12.1. The predicted octanol–water partition coefficient (Wildman–Crippen LogP) is 5.63. The molecular formula is C16H13Cl4NO3. The summed E-state index contributed by atoms with van der Waals surface area (Å²) in [4.78, 5) is 12.1. The van der Waals surface area contributed by atoms with Crippen LogP contribution in [0.25, 0.3) is 0 Å². The van der Waals surface area contributed by atoms with Crippen molar-refractivity contribution in [2.24, 2.45) is 0 Å². The number of hydrogen-bond acceptors (Lipinski definition) is 3. The Labute approximate surface area is 159 Å². The fourth-order valence-electron chi connectivity index (χ4n) is 1.92. The van der Waals surface area contributed by atoms with E-state index in [-0.39, 0.29) is 22.4 Å². The molecular weight excluding hydrogens is 396 g/mol. The number of carbonyl (C=O) groups excluding carboxylic acids is 1. The zero-order valence-electron chi connectivity index (χ0n) is 12.8. The number of ether oxygens (including phenoxy) is 2. The molecule has 0 bridgehead atoms. The number of nitrogens with one attached hydrogen (secondary N) is 1. The van der Waals surface area contributed by atoms with Crippen LogP contribution < -0.4 is 14.8 Å². The molecule has 0 aliphatic heterocycles. The monoisotopic (exact) mass is 407 g/mol. The van der Waals surface area contributed by atoms with E-state index in [0.717, 1.165) is 5.56 Å². The molecule has 0 atom stereocenters. The maximum atomic E-state index is 12.1. The number of aryl methyl sites for hydroxylation is 1. The summed E-state index contributed by atoms with van der Waals surface area (Å²) in [5.41, 5.74) is 1.29. The summed E-state index contributed by atoms with van der Waals surface area (Å²) in [5, 5.41) is 4.06. The minimum absolute atomic E-state index is 0.192. The number of halogens is 4. The lowest BCUT2D eigenvalue weighted by atomic mass is 10.2. The van der Waals surface area contributed by atoms with Crippen LogP contribution in [0, 0.1) is 6.92 Å². The number of carbonyl (C=O) groups is 1. The van der Waals surface area contributed by atoms with Gasteiger partial charge in [-0.05, 0) is 30.7 Å². The zero-order valence-corrected chi connectivity index (χ0v) is 15.8. The smallest absolute Gasteiger partial charge is 0.262 e. The molecule has 1 N–H and O–H groups in total. The first-order chi connectivity index (χ1) is 11.3. The van der Waals surface area contributed by atoms with Crippen LogP contribution >= 0.6 is 46.4 Å². The number of methoxy groups -OCH3 is 1. The van der Waals surface area contributed by atoms with Crippen molar-refractivity contribution in [2.45, 2.75) is 6.92 Å². The molecule has 0 aliphatic carbocycles. The second kappa shape index (κ2) is 8.17. The third kappa shape index (κ3) is 4.61. The van der Waals surface area contributed by atoms with Gasteiger partial charge >= 0.3 is 0 Å². The van der Waals surface area contributed by atoms with Gasteiger partial charge in [0.25, 0.3) is 5.91 Å². The van der Waals surface area contributed by atoms with Crippen LogP contribution in [0.3, 0.4) is 0 Å². The Kier molecular flexibility index (Phi) is 6.47. The summed E-state index contributed by atoms with van der Waals surface area (Å²) in [6.45, 7) is 1.53. The summed E-state index contributed by atoms with van der Waals surface area (Å²) in [6, 6.07) is 6.29. The number of rotatable bonds is 5. The lowest BCUT2D eigenvalue weighted by Crippen LogP contribution is -2.20. The van der Waals surface area contributed by atoms with Crippen LogP contribution in [0.4, 0.5) is 5.69 Å². The summed E-state index contributed by atoms with van der Waals surface area (Å²) in [6.07, 6.45) is 0. The lowest BCUT2D eigenvalue weighted by molar-refractivity contribution is -0.118. The fraction of sp³-hybridized carbons (Fsp3) is 0.188. The van der Waals surface area contributed by atoms with E-state index in [0.29, 0.717) is 21.5 Å². The van der Waals surface area contributed by atoms with Gasteiger partial charge in [-0.1, -0.05) is 46.4 Å². The van der Waals surface area contributed by atoms with E-state index in [1.54, 1.807) is 12.1 Å². The molecule has 8 heteroatoms. The third-order valence-corrected chi connectivity index (χ3v) is 4.25. The molecule has 0 aliphatic rings. The minimum atomic E-state index is -0.405. The van der Waals surface area contributed by atoms with Gasteiger partial charge in [0.15, 0.2) is 12.4 Å². The van der Waals surface area contributed by atoms with Gasteiger partial charge < -0.3 is 14.8 Å². The average molecular weight is 409 g/mol. The van der Waals surface area contributed by atoms with Crippen molar-refractivity contribution >= 4 is 58.0 Å². The highest BCUT2D eigenvalue weighted by molar-refractivity contribution is 6.40. The predicted molar refractivity (Wildman–Crippen MR) is 98.3 cm³/mol. The lowest BCUT2D eigenvalue weighted by Gasteiger charge is -2.13. The second-order valence-electron chi connectivity index (χ2n) is 4.84. The summed E-state index contributed by atoms with van der Waals surface area (Å²) in [7, 11) is 1.49. The Balaban J connectivity index is 2.08. The summed E-state index contributed by atoms with van der Waals surface area (Å²) in [5.74, 6) is 0.232. The van der Waals surface area contributed by atoms with E-state index in [4.69, 9.17) is 55.9 Å². The fourth-order valence-corrected chi connectivity index (χ4v) is 3.00. The first-order valence-corrected chi connectivity index (χ1v) is 8.24. The highest BCUT2D eigenvalue weighted by atomic mass is 35.5. The van der Waals surface area contributed by atoms with Crippen molar-refractivity contribution < 1.29 is 14.3 Å². The first kappa shape index (κ1) is 19.0. The minimum Gasteiger partial charge on any atom is -0.495 e. The van der Waals surface area contributed by atoms with Crippen molar-refractivity contribution in [2.75, 3.05) is 19.0 Å². The van der Waals surface area contributed by atoms with E-state index in [1.807, 2.05) is 6.92 Å². The summed E-state index contributed by atoms with van der Waals surface area (Å²) < 4.78 is 10.6. The van der Waals surface area contributed by atoms with Gasteiger partial charge in [0.1, 0.15) is 5.75 Å². The Morgan fingerprint density at radius 2 is 1.67 bits per heavy atom. The van der Waals surface area contributed by atoms with Gasteiger partial charge in [0.2, 0.25) is 0 Å². The van der Waals surface area contributed by atoms with Crippen molar-refractivity contribution in [3.05, 3.63) is 49.9 Å². The average Bonchev–Trinajstić information content (AvgIpc) is 2.49. The number of hydrogen-bond donors (Lipinski definition) is 1. The molecule has 0 radical (unpaired) electrons. The van der Waals surface area contributed by atoms with Gasteiger partial charge in [-0.25, -0.2) is 0 Å². The molecule has 0 saturated carbocycles. The van der Waals surface area contributed by atoms with E-state index in [2.05, 4.69) is 5.32 Å². The van der Waals surface area contributed by atoms with Gasteiger partial charge in [-0.15, -0.1) is 0 Å². The molecule has 0 unspecified atom stereocenters. The van der Waals surface area contributed by atoms with Crippen LogP contribution in [0.5, 0.6) is 11.5 Å². The second-order valence-corrected chi connectivity index (χ2v) is 6.50. The van der Waals surface area contributed by atoms with E-state index in [1.165, 1.54) is 19.2 Å². The largest absolute Gasteiger partial charge is 0.495 e. The van der Waals surface area contributed by atoms with Gasteiger partial charge in [-0.2, -0.15) is 0 Å². The topological polar surface area (TPSA) is 47.6 Å². The molecule has 128 valence electrons. The molecule has 0 fully saturated rings. The van der Waals surface area contributed by atoms with E-state index < -0.39 is 5.91 Å². The van der Waals surface area contributed by atoms with Gasteiger partial charge in [0, 0.05) is 16.1 Å². The van der Waals surface area contributed by atoms with E-state index in [9.17, 15) is 4.79 Å². The number of anilines is 1. The standard InChI is InChI=1S/C16H13Cl4NO3/c1-8-3-13(14(23-2)6-10(8)18)21-15(22)7-24-16-11(19)4-9(17)5-12(16)20/h3-6H,7H2,1-2H3,(H,21,22). The Morgan fingerprint density at radius 3 is 2.25 bits per heavy atom. The molecule has 4 nitrogen and oxygen atoms in total. The molecule has 1 amide bonds. The molecule has 0 heterocycles. The van der Waals surface area contributed by atoms with Crippen LogP contribution in [-0.2, 0) is 4.79 Å². The van der Waals surface area contributed by atoms with Crippen LogP contribution in [0.15, 0.2) is 24.3 Å². The maximum Gasteiger partial charge on any atom is 0.262 e. The van der Waals surface area contributed by atoms with Crippen LogP contribution in [-0.4, -0.2) is 19.6 Å². The third-order valence-electron chi connectivity index (χ3n) is 3.07. The molecule has 24 heavy (non-hydrogen) atoms. The Morgan fingerprint density at radius 1 is 1.04 bits per heavy atom. The van der Waals surface area contributed by atoms with Crippen molar-refractivity contribution in [3.8, 4) is 11.5 Å². The highest BCUT2D eigenvalue weighted by Gasteiger charge is 2.14. The van der Waals surface area contributed by atoms with E-state index >= 15 is 0 Å². The van der Waals surface area contributed by atoms with Crippen LogP contribution in [0.1, 0.15) is 5.56 Å². The van der Waals surface area contributed by atoms with Crippen molar-refractivity contribution in [1.29, 1.82) is 0 Å². The molecule has 0 saturated heterocycles. The van der Waals surface area contributed by atoms with Gasteiger partial charge in [0.05, 0.1) is 22.8 Å². The van der Waals surface area contributed by atoms with Gasteiger partial charge in [-0.3, -0.25) is 4.79 Å². The normalized spacial score (nSPS) is 10.4. The SMILES string of the molecule is COc1cc(Cl)c(C)cc1NC(=O)COc1c(Cl)cc(Cl)cc1Cl.